The Morgan fingerprint density at radius 3 is 2.45 bits per heavy atom. The zero-order valence-corrected chi connectivity index (χ0v) is 8.76. The van der Waals surface area contributed by atoms with E-state index in [1.54, 1.807) is 11.1 Å². The van der Waals surface area contributed by atoms with Crippen LogP contribution in [-0.4, -0.2) is 0 Å². The van der Waals surface area contributed by atoms with Gasteiger partial charge in [0.1, 0.15) is 0 Å². The Bertz CT molecular complexity index is 276. The second-order valence-corrected chi connectivity index (χ2v) is 5.01. The van der Waals surface area contributed by atoms with Gasteiger partial charge in [0.05, 0.1) is 0 Å². The molecule has 58 valence electrons. The fraction of sp³-hybridized carbons (Fsp3) is 0.400. The van der Waals surface area contributed by atoms with Crippen molar-refractivity contribution in [2.45, 2.75) is 23.7 Å². The molecule has 0 saturated carbocycles. The van der Waals surface area contributed by atoms with E-state index in [1.807, 2.05) is 0 Å². The monoisotopic (exact) mass is 258 g/mol. The molecule has 1 aromatic carbocycles. The average molecular weight is 258 g/mol. The standard InChI is InChI=1S/C10H11I/c1-7(11)9-4-2-8-3-5-10(8)6-9/h2,4,6-7H,3,5H2,1H3. The van der Waals surface area contributed by atoms with Crippen LogP contribution in [0.4, 0.5) is 0 Å². The minimum Gasteiger partial charge on any atom is -0.0777 e. The number of halogens is 1. The van der Waals surface area contributed by atoms with Gasteiger partial charge in [0, 0.05) is 3.92 Å². The molecule has 1 aromatic rings. The normalized spacial score (nSPS) is 16.9. The molecular formula is C10H11I. The van der Waals surface area contributed by atoms with E-state index in [1.165, 1.54) is 18.4 Å². The number of hydrogen-bond donors (Lipinski definition) is 0. The quantitative estimate of drug-likeness (QED) is 0.535. The van der Waals surface area contributed by atoms with Gasteiger partial charge in [-0.1, -0.05) is 40.8 Å². The van der Waals surface area contributed by atoms with Crippen LogP contribution in [0.2, 0.25) is 0 Å². The summed E-state index contributed by atoms with van der Waals surface area (Å²) in [5.74, 6) is 0. The van der Waals surface area contributed by atoms with Gasteiger partial charge in [-0.2, -0.15) is 0 Å². The van der Waals surface area contributed by atoms with Gasteiger partial charge in [-0.15, -0.1) is 0 Å². The summed E-state index contributed by atoms with van der Waals surface area (Å²) in [5.41, 5.74) is 4.61. The van der Waals surface area contributed by atoms with Crippen molar-refractivity contribution >= 4 is 22.6 Å². The predicted molar refractivity (Wildman–Crippen MR) is 56.3 cm³/mol. The number of fused-ring (bicyclic) bond motifs is 1. The molecule has 0 aromatic heterocycles. The van der Waals surface area contributed by atoms with Crippen LogP contribution in [0.1, 0.15) is 27.5 Å². The van der Waals surface area contributed by atoms with Crippen LogP contribution < -0.4 is 0 Å². The Hall–Kier alpha value is -0.0500. The highest BCUT2D eigenvalue weighted by Crippen LogP contribution is 2.29. The van der Waals surface area contributed by atoms with Crippen LogP contribution in [0.15, 0.2) is 18.2 Å². The van der Waals surface area contributed by atoms with Crippen molar-refractivity contribution in [2.24, 2.45) is 0 Å². The number of rotatable bonds is 1. The summed E-state index contributed by atoms with van der Waals surface area (Å²) in [6.45, 7) is 2.24. The molecule has 1 atom stereocenters. The van der Waals surface area contributed by atoms with E-state index >= 15 is 0 Å². The first-order chi connectivity index (χ1) is 5.27. The van der Waals surface area contributed by atoms with Crippen molar-refractivity contribution in [1.29, 1.82) is 0 Å². The Kier molecular flexibility index (Phi) is 1.91. The molecule has 0 spiro atoms. The van der Waals surface area contributed by atoms with Crippen molar-refractivity contribution in [3.05, 3.63) is 34.9 Å². The van der Waals surface area contributed by atoms with E-state index < -0.39 is 0 Å². The highest BCUT2D eigenvalue weighted by atomic mass is 127. The van der Waals surface area contributed by atoms with Crippen LogP contribution in [0.3, 0.4) is 0 Å². The Balaban J connectivity index is 2.38. The van der Waals surface area contributed by atoms with Gasteiger partial charge >= 0.3 is 0 Å². The van der Waals surface area contributed by atoms with E-state index in [-0.39, 0.29) is 0 Å². The maximum atomic E-state index is 2.46. The molecule has 1 unspecified atom stereocenters. The van der Waals surface area contributed by atoms with Gasteiger partial charge < -0.3 is 0 Å². The summed E-state index contributed by atoms with van der Waals surface area (Å²) in [7, 11) is 0. The van der Waals surface area contributed by atoms with E-state index in [0.717, 1.165) is 0 Å². The first kappa shape index (κ1) is 7.59. The molecule has 1 heteroatoms. The van der Waals surface area contributed by atoms with Crippen molar-refractivity contribution in [3.63, 3.8) is 0 Å². The Morgan fingerprint density at radius 2 is 2.00 bits per heavy atom. The zero-order chi connectivity index (χ0) is 7.84. The van der Waals surface area contributed by atoms with E-state index in [0.29, 0.717) is 3.92 Å². The van der Waals surface area contributed by atoms with Crippen molar-refractivity contribution in [1.82, 2.24) is 0 Å². The second kappa shape index (κ2) is 2.77. The average Bonchev–Trinajstić information content (AvgIpc) is 1.91. The summed E-state index contributed by atoms with van der Waals surface area (Å²) >= 11 is 2.46. The van der Waals surface area contributed by atoms with E-state index in [9.17, 15) is 0 Å². The summed E-state index contributed by atoms with van der Waals surface area (Å²) in [4.78, 5) is 0. The van der Waals surface area contributed by atoms with Crippen LogP contribution in [-0.2, 0) is 12.8 Å². The third kappa shape index (κ3) is 1.31. The lowest BCUT2D eigenvalue weighted by Gasteiger charge is -2.19. The smallest absolute Gasteiger partial charge is 0.0331 e. The molecule has 0 aliphatic heterocycles. The molecule has 0 fully saturated rings. The summed E-state index contributed by atoms with van der Waals surface area (Å²) in [6, 6.07) is 6.90. The number of aryl methyl sites for hydroxylation is 2. The van der Waals surface area contributed by atoms with Gasteiger partial charge in [-0.3, -0.25) is 0 Å². The first-order valence-corrected chi connectivity index (χ1v) is 5.28. The van der Waals surface area contributed by atoms with Gasteiger partial charge in [0.15, 0.2) is 0 Å². The zero-order valence-electron chi connectivity index (χ0n) is 6.60. The SMILES string of the molecule is CC(I)c1ccc2c(c1)CC2. The Labute approximate surface area is 81.1 Å². The van der Waals surface area contributed by atoms with Gasteiger partial charge in [-0.05, 0) is 36.5 Å². The van der Waals surface area contributed by atoms with E-state index in [4.69, 9.17) is 0 Å². The lowest BCUT2D eigenvalue weighted by atomic mass is 9.87. The maximum absolute atomic E-state index is 2.46. The minimum absolute atomic E-state index is 0.651. The molecule has 0 N–H and O–H groups in total. The van der Waals surface area contributed by atoms with Crippen LogP contribution in [0, 0.1) is 0 Å². The Morgan fingerprint density at radius 1 is 1.27 bits per heavy atom. The molecular weight excluding hydrogens is 247 g/mol. The molecule has 11 heavy (non-hydrogen) atoms. The molecule has 0 nitrogen and oxygen atoms in total. The van der Waals surface area contributed by atoms with Crippen LogP contribution >= 0.6 is 22.6 Å². The van der Waals surface area contributed by atoms with Crippen molar-refractivity contribution in [2.75, 3.05) is 0 Å². The summed E-state index contributed by atoms with van der Waals surface area (Å²) in [6.07, 6.45) is 2.60. The van der Waals surface area contributed by atoms with Gasteiger partial charge in [-0.25, -0.2) is 0 Å². The van der Waals surface area contributed by atoms with Crippen molar-refractivity contribution < 1.29 is 0 Å². The van der Waals surface area contributed by atoms with Crippen LogP contribution in [0.25, 0.3) is 0 Å². The second-order valence-electron chi connectivity index (χ2n) is 3.14. The lowest BCUT2D eigenvalue weighted by molar-refractivity contribution is 0.833. The molecule has 0 amide bonds. The molecule has 0 heterocycles. The third-order valence-electron chi connectivity index (χ3n) is 2.35. The minimum atomic E-state index is 0.651. The highest BCUT2D eigenvalue weighted by Gasteiger charge is 2.13. The van der Waals surface area contributed by atoms with Gasteiger partial charge in [0.2, 0.25) is 0 Å². The number of hydrogen-bond acceptors (Lipinski definition) is 0. The fourth-order valence-corrected chi connectivity index (χ4v) is 1.85. The highest BCUT2D eigenvalue weighted by molar-refractivity contribution is 14.1. The summed E-state index contributed by atoms with van der Waals surface area (Å²) in [5, 5.41) is 0. The molecule has 0 bridgehead atoms. The largest absolute Gasteiger partial charge is 0.0777 e. The van der Waals surface area contributed by atoms with Crippen molar-refractivity contribution in [3.8, 4) is 0 Å². The molecule has 1 aliphatic carbocycles. The van der Waals surface area contributed by atoms with Gasteiger partial charge in [0.25, 0.3) is 0 Å². The molecule has 2 rings (SSSR count). The number of benzene rings is 1. The van der Waals surface area contributed by atoms with E-state index in [2.05, 4.69) is 47.7 Å². The predicted octanol–water partition coefficient (Wildman–Crippen LogP) is 3.28. The fourth-order valence-electron chi connectivity index (χ4n) is 1.46. The summed E-state index contributed by atoms with van der Waals surface area (Å²) < 4.78 is 0.651. The molecule has 0 radical (unpaired) electrons. The third-order valence-corrected chi connectivity index (χ3v) is 3.07. The first-order valence-electron chi connectivity index (χ1n) is 4.03. The maximum Gasteiger partial charge on any atom is 0.0331 e. The number of alkyl halides is 1. The molecule has 1 aliphatic rings. The lowest BCUT2D eigenvalue weighted by Crippen LogP contribution is -2.08. The topological polar surface area (TPSA) is 0 Å². The molecule has 0 saturated heterocycles. The van der Waals surface area contributed by atoms with Crippen LogP contribution in [0.5, 0.6) is 0 Å².